The van der Waals surface area contributed by atoms with Crippen LogP contribution in [0.4, 0.5) is 10.5 Å². The average molecular weight is 328 g/mol. The number of nitrogens with one attached hydrogen (secondary N) is 2. The first kappa shape index (κ1) is 17.7. The van der Waals surface area contributed by atoms with E-state index in [0.29, 0.717) is 24.6 Å². The summed E-state index contributed by atoms with van der Waals surface area (Å²) in [5, 5.41) is 5.57. The van der Waals surface area contributed by atoms with Crippen LogP contribution < -0.4 is 20.1 Å². The van der Waals surface area contributed by atoms with Crippen LogP contribution in [0.2, 0.25) is 0 Å². The minimum absolute atomic E-state index is 0.288. The van der Waals surface area contributed by atoms with Crippen LogP contribution >= 0.6 is 0 Å². The van der Waals surface area contributed by atoms with Crippen LogP contribution in [-0.4, -0.2) is 26.3 Å². The zero-order valence-corrected chi connectivity index (χ0v) is 14.6. The minimum Gasteiger partial charge on any atom is -0.495 e. The second-order valence-corrected chi connectivity index (χ2v) is 5.70. The Balaban J connectivity index is 1.81. The van der Waals surface area contributed by atoms with Gasteiger partial charge in [0.2, 0.25) is 0 Å². The molecule has 0 radical (unpaired) electrons. The van der Waals surface area contributed by atoms with Crippen molar-refractivity contribution in [3.63, 3.8) is 0 Å². The van der Waals surface area contributed by atoms with Gasteiger partial charge in [0.1, 0.15) is 18.1 Å². The Morgan fingerprint density at radius 1 is 1.00 bits per heavy atom. The van der Waals surface area contributed by atoms with Gasteiger partial charge in [-0.1, -0.05) is 18.2 Å². The average Bonchev–Trinajstić information content (AvgIpc) is 2.55. The molecule has 0 spiro atoms. The van der Waals surface area contributed by atoms with Crippen molar-refractivity contribution in [3.8, 4) is 11.5 Å². The van der Waals surface area contributed by atoms with Crippen molar-refractivity contribution < 1.29 is 14.3 Å². The number of hydrogen-bond acceptors (Lipinski definition) is 3. The van der Waals surface area contributed by atoms with Gasteiger partial charge < -0.3 is 20.1 Å². The van der Waals surface area contributed by atoms with E-state index >= 15 is 0 Å². The molecule has 2 N–H and O–H groups in total. The van der Waals surface area contributed by atoms with Crippen LogP contribution in [0.25, 0.3) is 0 Å². The predicted molar refractivity (Wildman–Crippen MR) is 96.2 cm³/mol. The number of rotatable bonds is 6. The highest BCUT2D eigenvalue weighted by molar-refractivity contribution is 5.91. The van der Waals surface area contributed by atoms with Crippen LogP contribution in [0.3, 0.4) is 0 Å². The highest BCUT2D eigenvalue weighted by atomic mass is 16.5. The van der Waals surface area contributed by atoms with E-state index in [1.54, 1.807) is 7.11 Å². The summed E-state index contributed by atoms with van der Waals surface area (Å²) in [6.45, 7) is 6.79. The molecule has 0 aromatic heterocycles. The van der Waals surface area contributed by atoms with E-state index in [9.17, 15) is 4.79 Å². The summed E-state index contributed by atoms with van der Waals surface area (Å²) < 4.78 is 11.0. The first-order chi connectivity index (χ1) is 11.5. The van der Waals surface area contributed by atoms with E-state index in [-0.39, 0.29) is 6.03 Å². The molecule has 24 heavy (non-hydrogen) atoms. The second-order valence-electron chi connectivity index (χ2n) is 5.70. The normalized spacial score (nSPS) is 10.2. The molecule has 0 bridgehead atoms. The Morgan fingerprint density at radius 3 is 2.46 bits per heavy atom. The first-order valence-electron chi connectivity index (χ1n) is 7.89. The van der Waals surface area contributed by atoms with Gasteiger partial charge in [-0.3, -0.25) is 0 Å². The van der Waals surface area contributed by atoms with Crippen molar-refractivity contribution in [2.45, 2.75) is 20.8 Å². The van der Waals surface area contributed by atoms with Gasteiger partial charge in [-0.15, -0.1) is 0 Å². The predicted octanol–water partition coefficient (Wildman–Crippen LogP) is 3.82. The first-order valence-corrected chi connectivity index (χ1v) is 7.89. The van der Waals surface area contributed by atoms with Crippen LogP contribution in [0, 0.1) is 20.8 Å². The molecule has 2 rings (SSSR count). The summed E-state index contributed by atoms with van der Waals surface area (Å²) in [5.41, 5.74) is 3.91. The fourth-order valence-electron chi connectivity index (χ4n) is 2.27. The fraction of sp³-hybridized carbons (Fsp3) is 0.316. The maximum atomic E-state index is 12.0. The topological polar surface area (TPSA) is 59.6 Å². The molecule has 0 unspecified atom stereocenters. The third kappa shape index (κ3) is 4.91. The number of carbonyl (C=O) groups excluding carboxylic acids is 1. The van der Waals surface area contributed by atoms with E-state index < -0.39 is 0 Å². The van der Waals surface area contributed by atoms with Crippen molar-refractivity contribution in [2.75, 3.05) is 25.6 Å². The van der Waals surface area contributed by atoms with E-state index in [4.69, 9.17) is 9.47 Å². The van der Waals surface area contributed by atoms with E-state index in [0.717, 1.165) is 22.4 Å². The lowest BCUT2D eigenvalue weighted by Gasteiger charge is -2.13. The number of aryl methyl sites for hydroxylation is 3. The third-order valence-corrected chi connectivity index (χ3v) is 3.59. The van der Waals surface area contributed by atoms with Crippen molar-refractivity contribution in [3.05, 3.63) is 53.1 Å². The van der Waals surface area contributed by atoms with Gasteiger partial charge in [-0.05, 0) is 55.7 Å². The van der Waals surface area contributed by atoms with Crippen LogP contribution in [0.15, 0.2) is 36.4 Å². The summed E-state index contributed by atoms with van der Waals surface area (Å²) in [4.78, 5) is 12.0. The number of amides is 2. The van der Waals surface area contributed by atoms with Gasteiger partial charge >= 0.3 is 6.03 Å². The molecule has 0 aliphatic heterocycles. The van der Waals surface area contributed by atoms with Gasteiger partial charge in [0.15, 0.2) is 0 Å². The lowest BCUT2D eigenvalue weighted by molar-refractivity contribution is 0.247. The van der Waals surface area contributed by atoms with Gasteiger partial charge in [-0.2, -0.15) is 0 Å². The van der Waals surface area contributed by atoms with Crippen LogP contribution in [0.5, 0.6) is 11.5 Å². The SMILES string of the molecule is COc1ccc(C)cc1NC(=O)NCCOc1cc(C)ccc1C. The Bertz CT molecular complexity index is 714. The van der Waals surface area contributed by atoms with Crippen molar-refractivity contribution in [2.24, 2.45) is 0 Å². The maximum Gasteiger partial charge on any atom is 0.319 e. The number of anilines is 1. The number of methoxy groups -OCH3 is 1. The molecular weight excluding hydrogens is 304 g/mol. The molecule has 0 atom stereocenters. The van der Waals surface area contributed by atoms with Crippen LogP contribution in [-0.2, 0) is 0 Å². The third-order valence-electron chi connectivity index (χ3n) is 3.59. The monoisotopic (exact) mass is 328 g/mol. The summed E-state index contributed by atoms with van der Waals surface area (Å²) in [7, 11) is 1.58. The van der Waals surface area contributed by atoms with E-state index in [1.807, 2.05) is 57.2 Å². The van der Waals surface area contributed by atoms with Crippen molar-refractivity contribution in [1.82, 2.24) is 5.32 Å². The Kier molecular flexibility index (Phi) is 6.07. The summed E-state index contributed by atoms with van der Waals surface area (Å²) in [6.07, 6.45) is 0. The standard InChI is InChI=1S/C19H24N2O3/c1-13-6-8-17(23-4)16(11-13)21-19(22)20-9-10-24-18-12-14(2)5-7-15(18)3/h5-8,11-12H,9-10H2,1-4H3,(H2,20,21,22). The largest absolute Gasteiger partial charge is 0.495 e. The number of urea groups is 1. The molecule has 2 aromatic rings. The van der Waals surface area contributed by atoms with Crippen molar-refractivity contribution in [1.29, 1.82) is 0 Å². The quantitative estimate of drug-likeness (QED) is 0.793. The Labute approximate surface area is 143 Å². The second kappa shape index (κ2) is 8.24. The Morgan fingerprint density at radius 2 is 1.71 bits per heavy atom. The molecule has 128 valence electrons. The molecule has 2 amide bonds. The molecule has 0 heterocycles. The number of benzene rings is 2. The maximum absolute atomic E-state index is 12.0. The fourth-order valence-corrected chi connectivity index (χ4v) is 2.27. The zero-order valence-electron chi connectivity index (χ0n) is 14.6. The molecular formula is C19H24N2O3. The summed E-state index contributed by atoms with van der Waals surface area (Å²) in [6, 6.07) is 11.4. The lowest BCUT2D eigenvalue weighted by Crippen LogP contribution is -2.32. The molecule has 0 fully saturated rings. The van der Waals surface area contributed by atoms with Gasteiger partial charge in [0, 0.05) is 0 Å². The molecule has 5 nitrogen and oxygen atoms in total. The lowest BCUT2D eigenvalue weighted by atomic mass is 10.1. The molecule has 5 heteroatoms. The number of ether oxygens (including phenoxy) is 2. The zero-order chi connectivity index (χ0) is 17.5. The highest BCUT2D eigenvalue weighted by Gasteiger charge is 2.07. The number of hydrogen-bond donors (Lipinski definition) is 2. The van der Waals surface area contributed by atoms with Gasteiger partial charge in [0.25, 0.3) is 0 Å². The van der Waals surface area contributed by atoms with Gasteiger partial charge in [0.05, 0.1) is 19.3 Å². The highest BCUT2D eigenvalue weighted by Crippen LogP contribution is 2.25. The van der Waals surface area contributed by atoms with E-state index in [2.05, 4.69) is 10.6 Å². The van der Waals surface area contributed by atoms with Crippen LogP contribution in [0.1, 0.15) is 16.7 Å². The summed E-state index contributed by atoms with van der Waals surface area (Å²) >= 11 is 0. The number of carbonyl (C=O) groups is 1. The van der Waals surface area contributed by atoms with Crippen molar-refractivity contribution >= 4 is 11.7 Å². The Hall–Kier alpha value is -2.69. The van der Waals surface area contributed by atoms with E-state index in [1.165, 1.54) is 0 Å². The molecule has 0 saturated carbocycles. The molecule has 2 aromatic carbocycles. The van der Waals surface area contributed by atoms with Gasteiger partial charge in [-0.25, -0.2) is 4.79 Å². The summed E-state index contributed by atoms with van der Waals surface area (Å²) in [5.74, 6) is 1.47. The smallest absolute Gasteiger partial charge is 0.319 e. The molecule has 0 saturated heterocycles. The molecule has 0 aliphatic rings. The minimum atomic E-state index is -0.288. The molecule has 0 aliphatic carbocycles.